The number of thioether (sulfide) groups is 1. The van der Waals surface area contributed by atoms with Crippen molar-refractivity contribution in [3.63, 3.8) is 0 Å². The third-order valence-electron chi connectivity index (χ3n) is 3.37. The van der Waals surface area contributed by atoms with Gasteiger partial charge in [-0.05, 0) is 60.4 Å². The summed E-state index contributed by atoms with van der Waals surface area (Å²) in [6.45, 7) is 0.624. The fraction of sp³-hybridized carbons (Fsp3) is 0.538. The summed E-state index contributed by atoms with van der Waals surface area (Å²) in [4.78, 5) is 0. The molecule has 0 spiro atoms. The highest BCUT2D eigenvalue weighted by Crippen LogP contribution is 2.34. The van der Waals surface area contributed by atoms with E-state index in [1.807, 2.05) is 17.8 Å². The number of nitrogens with two attached hydrogens (primary N) is 1. The average Bonchev–Trinajstić information content (AvgIpc) is 2.31. The van der Waals surface area contributed by atoms with Gasteiger partial charge in [0, 0.05) is 0 Å². The third kappa shape index (κ3) is 2.77. The van der Waals surface area contributed by atoms with Crippen molar-refractivity contribution in [1.29, 1.82) is 0 Å². The summed E-state index contributed by atoms with van der Waals surface area (Å²) in [5, 5.41) is 0. The molecule has 88 valence electrons. The minimum Gasteiger partial charge on any atom is -0.330 e. The topological polar surface area (TPSA) is 26.0 Å². The predicted molar refractivity (Wildman–Crippen MR) is 68.2 cm³/mol. The van der Waals surface area contributed by atoms with E-state index in [1.165, 1.54) is 30.4 Å². The quantitative estimate of drug-likeness (QED) is 0.877. The molecule has 1 aromatic rings. The summed E-state index contributed by atoms with van der Waals surface area (Å²) in [6, 6.07) is 6.92. The molecule has 1 unspecified atom stereocenters. The number of hydrogen-bond acceptors (Lipinski definition) is 2. The lowest BCUT2D eigenvalue weighted by molar-refractivity contribution is 0.399. The first-order valence-electron chi connectivity index (χ1n) is 5.84. The van der Waals surface area contributed by atoms with Gasteiger partial charge in [0.2, 0.25) is 0 Å². The first-order chi connectivity index (χ1) is 7.81. The fourth-order valence-corrected chi connectivity index (χ4v) is 3.60. The maximum atomic E-state index is 13.2. The first kappa shape index (κ1) is 11.9. The molecule has 1 aromatic carbocycles. The van der Waals surface area contributed by atoms with E-state index >= 15 is 0 Å². The molecule has 1 aliphatic heterocycles. The normalized spacial score (nSPS) is 19.6. The van der Waals surface area contributed by atoms with Crippen LogP contribution in [0.5, 0.6) is 0 Å². The molecule has 0 radical (unpaired) electrons. The van der Waals surface area contributed by atoms with Gasteiger partial charge in [-0.25, -0.2) is 4.39 Å². The number of benzene rings is 1. The van der Waals surface area contributed by atoms with Crippen molar-refractivity contribution in [3.05, 3.63) is 35.6 Å². The number of rotatable bonds is 3. The molecule has 1 atom stereocenters. The Morgan fingerprint density at radius 3 is 2.75 bits per heavy atom. The van der Waals surface area contributed by atoms with Gasteiger partial charge < -0.3 is 5.73 Å². The van der Waals surface area contributed by atoms with E-state index in [9.17, 15) is 4.39 Å². The van der Waals surface area contributed by atoms with Gasteiger partial charge in [-0.3, -0.25) is 0 Å². The zero-order chi connectivity index (χ0) is 11.4. The molecule has 0 amide bonds. The largest absolute Gasteiger partial charge is 0.330 e. The Balaban J connectivity index is 2.14. The Bertz CT molecular complexity index is 336. The van der Waals surface area contributed by atoms with Crippen molar-refractivity contribution in [2.45, 2.75) is 18.8 Å². The summed E-state index contributed by atoms with van der Waals surface area (Å²) in [5.74, 6) is 3.25. The van der Waals surface area contributed by atoms with Crippen LogP contribution in [0.4, 0.5) is 4.39 Å². The number of hydrogen-bond donors (Lipinski definition) is 1. The van der Waals surface area contributed by atoms with Crippen molar-refractivity contribution < 1.29 is 4.39 Å². The monoisotopic (exact) mass is 239 g/mol. The van der Waals surface area contributed by atoms with E-state index in [0.29, 0.717) is 18.4 Å². The van der Waals surface area contributed by atoms with Gasteiger partial charge in [0.05, 0.1) is 0 Å². The van der Waals surface area contributed by atoms with Gasteiger partial charge in [-0.15, -0.1) is 0 Å². The SMILES string of the molecule is NCC(c1cccc(F)c1)C1CCSCC1. The standard InChI is InChI=1S/C13H18FNS/c14-12-3-1-2-11(8-12)13(9-15)10-4-6-16-7-5-10/h1-3,8,10,13H,4-7,9,15H2. The number of halogens is 1. The van der Waals surface area contributed by atoms with Gasteiger partial charge in [0.1, 0.15) is 5.82 Å². The van der Waals surface area contributed by atoms with Crippen LogP contribution in [-0.2, 0) is 0 Å². The van der Waals surface area contributed by atoms with Crippen LogP contribution in [0.2, 0.25) is 0 Å². The van der Waals surface area contributed by atoms with Crippen LogP contribution in [0.3, 0.4) is 0 Å². The van der Waals surface area contributed by atoms with Crippen LogP contribution in [0.15, 0.2) is 24.3 Å². The Kier molecular flexibility index (Phi) is 4.24. The van der Waals surface area contributed by atoms with Crippen molar-refractivity contribution in [2.75, 3.05) is 18.1 Å². The lowest BCUT2D eigenvalue weighted by Crippen LogP contribution is -2.25. The van der Waals surface area contributed by atoms with Crippen molar-refractivity contribution >= 4 is 11.8 Å². The van der Waals surface area contributed by atoms with Gasteiger partial charge >= 0.3 is 0 Å². The summed E-state index contributed by atoms with van der Waals surface area (Å²) in [7, 11) is 0. The Labute approximate surface area is 101 Å². The summed E-state index contributed by atoms with van der Waals surface area (Å²) in [6.07, 6.45) is 2.42. The van der Waals surface area contributed by atoms with E-state index in [1.54, 1.807) is 12.1 Å². The molecular formula is C13H18FNS. The van der Waals surface area contributed by atoms with Crippen LogP contribution in [-0.4, -0.2) is 18.1 Å². The average molecular weight is 239 g/mol. The Morgan fingerprint density at radius 1 is 1.38 bits per heavy atom. The molecule has 2 rings (SSSR count). The lowest BCUT2D eigenvalue weighted by atomic mass is 9.82. The second kappa shape index (κ2) is 5.69. The van der Waals surface area contributed by atoms with Gasteiger partial charge in [0.15, 0.2) is 0 Å². The molecule has 2 N–H and O–H groups in total. The molecule has 0 aliphatic carbocycles. The van der Waals surface area contributed by atoms with Gasteiger partial charge in [0.25, 0.3) is 0 Å². The van der Waals surface area contributed by atoms with E-state index in [-0.39, 0.29) is 5.82 Å². The van der Waals surface area contributed by atoms with E-state index in [2.05, 4.69) is 0 Å². The summed E-state index contributed by atoms with van der Waals surface area (Å²) >= 11 is 2.01. The molecule has 16 heavy (non-hydrogen) atoms. The molecule has 0 saturated carbocycles. The molecule has 1 saturated heterocycles. The molecule has 0 aromatic heterocycles. The molecule has 1 aliphatic rings. The second-order valence-corrected chi connectivity index (χ2v) is 5.57. The van der Waals surface area contributed by atoms with Crippen molar-refractivity contribution in [3.8, 4) is 0 Å². The predicted octanol–water partition coefficient (Wildman–Crippen LogP) is 3.01. The van der Waals surface area contributed by atoms with Gasteiger partial charge in [-0.2, -0.15) is 11.8 Å². The van der Waals surface area contributed by atoms with E-state index in [4.69, 9.17) is 5.73 Å². The zero-order valence-corrected chi connectivity index (χ0v) is 10.2. The van der Waals surface area contributed by atoms with Crippen molar-refractivity contribution in [2.24, 2.45) is 11.7 Å². The Morgan fingerprint density at radius 2 is 2.12 bits per heavy atom. The maximum Gasteiger partial charge on any atom is 0.123 e. The first-order valence-corrected chi connectivity index (χ1v) is 7.00. The van der Waals surface area contributed by atoms with Crippen LogP contribution >= 0.6 is 11.8 Å². The molecule has 1 nitrogen and oxygen atoms in total. The van der Waals surface area contributed by atoms with Crippen LogP contribution in [0.25, 0.3) is 0 Å². The minimum absolute atomic E-state index is 0.152. The second-order valence-electron chi connectivity index (χ2n) is 4.35. The molecule has 3 heteroatoms. The minimum atomic E-state index is -0.152. The van der Waals surface area contributed by atoms with Gasteiger partial charge in [-0.1, -0.05) is 12.1 Å². The molecule has 1 fully saturated rings. The highest BCUT2D eigenvalue weighted by atomic mass is 32.2. The van der Waals surface area contributed by atoms with Crippen LogP contribution < -0.4 is 5.73 Å². The lowest BCUT2D eigenvalue weighted by Gasteiger charge is -2.29. The highest BCUT2D eigenvalue weighted by Gasteiger charge is 2.24. The van der Waals surface area contributed by atoms with Crippen LogP contribution in [0.1, 0.15) is 24.3 Å². The zero-order valence-electron chi connectivity index (χ0n) is 9.36. The molecular weight excluding hydrogens is 221 g/mol. The van der Waals surface area contributed by atoms with Crippen molar-refractivity contribution in [1.82, 2.24) is 0 Å². The maximum absolute atomic E-state index is 13.2. The van der Waals surface area contributed by atoms with E-state index in [0.717, 1.165) is 5.56 Å². The molecule has 0 bridgehead atoms. The summed E-state index contributed by atoms with van der Waals surface area (Å²) < 4.78 is 13.2. The fourth-order valence-electron chi connectivity index (χ4n) is 2.46. The Hall–Kier alpha value is -0.540. The highest BCUT2D eigenvalue weighted by molar-refractivity contribution is 7.99. The van der Waals surface area contributed by atoms with E-state index < -0.39 is 0 Å². The third-order valence-corrected chi connectivity index (χ3v) is 4.41. The summed E-state index contributed by atoms with van der Waals surface area (Å²) in [5.41, 5.74) is 6.93. The smallest absolute Gasteiger partial charge is 0.123 e. The molecule has 1 heterocycles. The van der Waals surface area contributed by atoms with Crippen LogP contribution in [0, 0.1) is 11.7 Å².